The van der Waals surface area contributed by atoms with Crippen molar-refractivity contribution in [1.29, 1.82) is 0 Å². The van der Waals surface area contributed by atoms with Gasteiger partial charge in [0, 0.05) is 41.9 Å². The number of nitrogens with two attached hydrogens (primary N) is 1. The van der Waals surface area contributed by atoms with Gasteiger partial charge in [-0.2, -0.15) is 0 Å². The van der Waals surface area contributed by atoms with Crippen LogP contribution in [-0.2, 0) is 0 Å². The number of fused-ring (bicyclic) bond motifs is 1. The van der Waals surface area contributed by atoms with Crippen molar-refractivity contribution in [2.24, 2.45) is 11.7 Å². The van der Waals surface area contributed by atoms with Crippen LogP contribution in [0.4, 0.5) is 5.69 Å². The Morgan fingerprint density at radius 3 is 2.75 bits per heavy atom. The Bertz CT molecular complexity index is 583. The van der Waals surface area contributed by atoms with E-state index in [0.29, 0.717) is 10.9 Å². The fraction of sp³-hybridized carbons (Fsp3) is 0.438. The molecule has 108 valence electrons. The molecular weight excluding hydrogens is 270 g/mol. The lowest BCUT2D eigenvalue weighted by atomic mass is 10.0. The molecule has 0 aliphatic carbocycles. The predicted octanol–water partition coefficient (Wildman–Crippen LogP) is 3.70. The molecule has 1 unspecified atom stereocenters. The molecule has 1 aromatic carbocycles. The van der Waals surface area contributed by atoms with Crippen molar-refractivity contribution in [2.75, 3.05) is 18.5 Å². The van der Waals surface area contributed by atoms with Crippen molar-refractivity contribution in [1.82, 2.24) is 4.98 Å². The maximum absolute atomic E-state index is 6.12. The molecule has 0 saturated heterocycles. The molecule has 1 heterocycles. The van der Waals surface area contributed by atoms with E-state index in [1.807, 2.05) is 30.5 Å². The zero-order valence-electron chi connectivity index (χ0n) is 12.3. The summed E-state index contributed by atoms with van der Waals surface area (Å²) >= 11 is 6.02. The molecule has 2 aromatic rings. The molecule has 0 radical (unpaired) electrons. The Kier molecular flexibility index (Phi) is 4.84. The number of nitrogens with zero attached hydrogens (tertiary/aromatic N) is 2. The summed E-state index contributed by atoms with van der Waals surface area (Å²) < 4.78 is 0. The molecule has 0 aliphatic rings. The average Bonchev–Trinajstić information content (AvgIpc) is 2.43. The maximum atomic E-state index is 6.12. The zero-order chi connectivity index (χ0) is 14.7. The summed E-state index contributed by atoms with van der Waals surface area (Å²) in [5.74, 6) is 0.511. The van der Waals surface area contributed by atoms with E-state index in [1.54, 1.807) is 0 Å². The van der Waals surface area contributed by atoms with Crippen molar-refractivity contribution in [3.8, 4) is 0 Å². The van der Waals surface area contributed by atoms with Crippen molar-refractivity contribution in [3.63, 3.8) is 0 Å². The van der Waals surface area contributed by atoms with Crippen LogP contribution in [0.25, 0.3) is 10.9 Å². The van der Waals surface area contributed by atoms with E-state index in [4.69, 9.17) is 17.3 Å². The molecule has 0 bridgehead atoms. The maximum Gasteiger partial charge on any atom is 0.0737 e. The molecule has 4 heteroatoms. The third-order valence-corrected chi connectivity index (χ3v) is 3.98. The molecule has 1 atom stereocenters. The first kappa shape index (κ1) is 15.1. The lowest BCUT2D eigenvalue weighted by Gasteiger charge is -2.24. The van der Waals surface area contributed by atoms with E-state index in [2.05, 4.69) is 30.8 Å². The summed E-state index contributed by atoms with van der Waals surface area (Å²) in [7, 11) is 2.09. The van der Waals surface area contributed by atoms with Gasteiger partial charge in [0.15, 0.2) is 0 Å². The van der Waals surface area contributed by atoms with Crippen molar-refractivity contribution < 1.29 is 0 Å². The molecule has 1 aromatic heterocycles. The summed E-state index contributed by atoms with van der Waals surface area (Å²) in [4.78, 5) is 6.61. The standard InChI is InChI=1S/C16H22ClN3/c1-11(2)14(18)7-9-20(3)16-6-8-19-15-10-12(17)4-5-13(15)16/h4-6,8,10-11,14H,7,9,18H2,1-3H3. The highest BCUT2D eigenvalue weighted by Gasteiger charge is 2.11. The van der Waals surface area contributed by atoms with Crippen LogP contribution in [0.15, 0.2) is 30.5 Å². The lowest BCUT2D eigenvalue weighted by Crippen LogP contribution is -2.31. The second-order valence-electron chi connectivity index (χ2n) is 5.61. The van der Waals surface area contributed by atoms with Gasteiger partial charge in [-0.25, -0.2) is 0 Å². The summed E-state index contributed by atoms with van der Waals surface area (Å²) in [6, 6.07) is 8.10. The molecule has 20 heavy (non-hydrogen) atoms. The van der Waals surface area contributed by atoms with Crippen molar-refractivity contribution in [2.45, 2.75) is 26.3 Å². The third kappa shape index (κ3) is 3.41. The average molecular weight is 292 g/mol. The number of hydrogen-bond acceptors (Lipinski definition) is 3. The van der Waals surface area contributed by atoms with Gasteiger partial charge in [0.2, 0.25) is 0 Å². The Morgan fingerprint density at radius 1 is 1.30 bits per heavy atom. The smallest absolute Gasteiger partial charge is 0.0737 e. The minimum Gasteiger partial charge on any atom is -0.374 e. The highest BCUT2D eigenvalue weighted by molar-refractivity contribution is 6.31. The van der Waals surface area contributed by atoms with E-state index >= 15 is 0 Å². The topological polar surface area (TPSA) is 42.1 Å². The van der Waals surface area contributed by atoms with Crippen LogP contribution >= 0.6 is 11.6 Å². The monoisotopic (exact) mass is 291 g/mol. The number of rotatable bonds is 5. The van der Waals surface area contributed by atoms with Crippen LogP contribution in [-0.4, -0.2) is 24.6 Å². The zero-order valence-corrected chi connectivity index (χ0v) is 13.1. The van der Waals surface area contributed by atoms with Gasteiger partial charge in [0.1, 0.15) is 0 Å². The van der Waals surface area contributed by atoms with Gasteiger partial charge in [-0.05, 0) is 36.6 Å². The van der Waals surface area contributed by atoms with Crippen LogP contribution < -0.4 is 10.6 Å². The molecule has 2 rings (SSSR count). The number of halogens is 1. The van der Waals surface area contributed by atoms with Crippen molar-refractivity contribution >= 4 is 28.2 Å². The summed E-state index contributed by atoms with van der Waals surface area (Å²) in [5.41, 5.74) is 8.21. The number of anilines is 1. The van der Waals surface area contributed by atoms with Crippen LogP contribution in [0.1, 0.15) is 20.3 Å². The Morgan fingerprint density at radius 2 is 2.05 bits per heavy atom. The van der Waals surface area contributed by atoms with Gasteiger partial charge >= 0.3 is 0 Å². The van der Waals surface area contributed by atoms with Gasteiger partial charge in [-0.3, -0.25) is 4.98 Å². The van der Waals surface area contributed by atoms with E-state index in [0.717, 1.165) is 23.9 Å². The first-order chi connectivity index (χ1) is 9.49. The van der Waals surface area contributed by atoms with Gasteiger partial charge < -0.3 is 10.6 Å². The SMILES string of the molecule is CC(C)C(N)CCN(C)c1ccnc2cc(Cl)ccc12. The van der Waals surface area contributed by atoms with Gasteiger partial charge in [-0.15, -0.1) is 0 Å². The number of pyridine rings is 1. The predicted molar refractivity (Wildman–Crippen MR) is 87.5 cm³/mol. The van der Waals surface area contributed by atoms with Crippen molar-refractivity contribution in [3.05, 3.63) is 35.5 Å². The molecule has 0 amide bonds. The van der Waals surface area contributed by atoms with Gasteiger partial charge in [-0.1, -0.05) is 25.4 Å². The van der Waals surface area contributed by atoms with Gasteiger partial charge in [0.25, 0.3) is 0 Å². The molecule has 3 nitrogen and oxygen atoms in total. The van der Waals surface area contributed by atoms with E-state index in [-0.39, 0.29) is 6.04 Å². The molecule has 0 fully saturated rings. The Labute approximate surface area is 125 Å². The van der Waals surface area contributed by atoms with Crippen LogP contribution in [0.2, 0.25) is 5.02 Å². The van der Waals surface area contributed by atoms with E-state index in [9.17, 15) is 0 Å². The summed E-state index contributed by atoms with van der Waals surface area (Å²) in [5, 5.41) is 1.84. The van der Waals surface area contributed by atoms with Crippen LogP contribution in [0.3, 0.4) is 0 Å². The molecule has 0 spiro atoms. The largest absolute Gasteiger partial charge is 0.374 e. The second-order valence-corrected chi connectivity index (χ2v) is 6.05. The normalized spacial score (nSPS) is 12.9. The lowest BCUT2D eigenvalue weighted by molar-refractivity contribution is 0.466. The first-order valence-corrected chi connectivity index (χ1v) is 7.38. The van der Waals surface area contributed by atoms with Crippen LogP contribution in [0.5, 0.6) is 0 Å². The summed E-state index contributed by atoms with van der Waals surface area (Å²) in [6.07, 6.45) is 2.80. The minimum atomic E-state index is 0.236. The first-order valence-electron chi connectivity index (χ1n) is 7.00. The third-order valence-electron chi connectivity index (χ3n) is 3.75. The fourth-order valence-electron chi connectivity index (χ4n) is 2.24. The minimum absolute atomic E-state index is 0.236. The number of hydrogen-bond donors (Lipinski definition) is 1. The fourth-order valence-corrected chi connectivity index (χ4v) is 2.40. The summed E-state index contributed by atoms with van der Waals surface area (Å²) in [6.45, 7) is 5.25. The molecule has 2 N–H and O–H groups in total. The molecule has 0 aliphatic heterocycles. The quantitative estimate of drug-likeness (QED) is 0.913. The van der Waals surface area contributed by atoms with Gasteiger partial charge in [0.05, 0.1) is 5.52 Å². The Balaban J connectivity index is 2.20. The number of benzene rings is 1. The van der Waals surface area contributed by atoms with Crippen LogP contribution in [0, 0.1) is 5.92 Å². The highest BCUT2D eigenvalue weighted by Crippen LogP contribution is 2.26. The highest BCUT2D eigenvalue weighted by atomic mass is 35.5. The number of aromatic nitrogens is 1. The van der Waals surface area contributed by atoms with E-state index in [1.165, 1.54) is 5.69 Å². The second kappa shape index (κ2) is 6.42. The molecule has 0 saturated carbocycles. The van der Waals surface area contributed by atoms with E-state index < -0.39 is 0 Å². The molecular formula is C16H22ClN3. The Hall–Kier alpha value is -1.32.